The van der Waals surface area contributed by atoms with Gasteiger partial charge in [0.25, 0.3) is 0 Å². The van der Waals surface area contributed by atoms with Crippen LogP contribution < -0.4 is 5.39 Å². The summed E-state index contributed by atoms with van der Waals surface area (Å²) >= 11 is 0. The average Bonchev–Trinajstić information content (AvgIpc) is 1.95. The van der Waals surface area contributed by atoms with Gasteiger partial charge in [-0.25, -0.2) is 0 Å². The van der Waals surface area contributed by atoms with Gasteiger partial charge < -0.3 is 10.3 Å². The van der Waals surface area contributed by atoms with Gasteiger partial charge in [0.15, 0.2) is 0 Å². The number of nitrogens with one attached hydrogen (secondary N) is 1. The molecular weight excluding hydrogens is 166 g/mol. The molecule has 0 heterocycles. The first-order chi connectivity index (χ1) is 5.63. The van der Waals surface area contributed by atoms with Crippen LogP contribution in [0.4, 0.5) is 0 Å². The van der Waals surface area contributed by atoms with E-state index in [2.05, 4.69) is 4.84 Å². The molecule has 12 heavy (non-hydrogen) atoms. The van der Waals surface area contributed by atoms with E-state index in [1.165, 1.54) is 0 Å². The summed E-state index contributed by atoms with van der Waals surface area (Å²) in [5.41, 5.74) is 0. The molecule has 0 radical (unpaired) electrons. The number of hydrogen-bond donors (Lipinski definition) is 3. The SMILES string of the molecule is O=C(O)CCCCCO[NH+]([O-])O. The molecule has 72 valence electrons. The molecule has 0 saturated carbocycles. The second kappa shape index (κ2) is 6.99. The summed E-state index contributed by atoms with van der Waals surface area (Å²) < 4.78 is 0. The molecule has 6 nitrogen and oxygen atoms in total. The fourth-order valence-electron chi connectivity index (χ4n) is 0.715. The highest BCUT2D eigenvalue weighted by atomic mass is 17.1. The van der Waals surface area contributed by atoms with E-state index in [-0.39, 0.29) is 13.0 Å². The molecule has 0 aromatic rings. The van der Waals surface area contributed by atoms with Crippen molar-refractivity contribution in [1.82, 2.24) is 0 Å². The van der Waals surface area contributed by atoms with Crippen LogP contribution in [-0.4, -0.2) is 22.9 Å². The molecule has 0 spiro atoms. The minimum Gasteiger partial charge on any atom is -0.566 e. The van der Waals surface area contributed by atoms with E-state index in [0.717, 1.165) is 0 Å². The Kier molecular flexibility index (Phi) is 6.58. The lowest BCUT2D eigenvalue weighted by molar-refractivity contribution is -1.21. The molecule has 0 aromatic heterocycles. The molecule has 0 amide bonds. The zero-order valence-corrected chi connectivity index (χ0v) is 6.65. The van der Waals surface area contributed by atoms with Crippen LogP contribution in [0.2, 0.25) is 0 Å². The minimum atomic E-state index is -1.28. The van der Waals surface area contributed by atoms with E-state index in [0.29, 0.717) is 19.3 Å². The summed E-state index contributed by atoms with van der Waals surface area (Å²) in [6.45, 7) is 0.148. The first-order valence-electron chi connectivity index (χ1n) is 3.70. The van der Waals surface area contributed by atoms with Crippen molar-refractivity contribution >= 4 is 5.97 Å². The summed E-state index contributed by atoms with van der Waals surface area (Å²) in [5, 5.41) is 24.8. The third-order valence-corrected chi connectivity index (χ3v) is 1.26. The predicted octanol–water partition coefficient (Wildman–Crippen LogP) is -0.665. The van der Waals surface area contributed by atoms with Crippen molar-refractivity contribution in [3.05, 3.63) is 5.21 Å². The van der Waals surface area contributed by atoms with Gasteiger partial charge in [0.2, 0.25) is 0 Å². The summed E-state index contributed by atoms with van der Waals surface area (Å²) in [4.78, 5) is 14.2. The standard InChI is InChI=1S/C6H13NO5/c8-6(9)4-2-1-3-5-12-7(10)11/h7,10H,1-5H2,(H,8,9). The van der Waals surface area contributed by atoms with Crippen molar-refractivity contribution in [2.45, 2.75) is 25.7 Å². The molecule has 0 saturated heterocycles. The highest BCUT2D eigenvalue weighted by Gasteiger charge is 1.97. The number of carboxylic acids is 1. The molecule has 0 fully saturated rings. The first-order valence-corrected chi connectivity index (χ1v) is 3.70. The van der Waals surface area contributed by atoms with Gasteiger partial charge in [0.1, 0.15) is 6.61 Å². The summed E-state index contributed by atoms with van der Waals surface area (Å²) in [5.74, 6) is -0.825. The second-order valence-corrected chi connectivity index (χ2v) is 2.32. The lowest BCUT2D eigenvalue weighted by Gasteiger charge is -2.09. The molecule has 1 atom stereocenters. The van der Waals surface area contributed by atoms with Gasteiger partial charge in [0.05, 0.1) is 0 Å². The van der Waals surface area contributed by atoms with Crippen molar-refractivity contribution in [3.8, 4) is 0 Å². The molecule has 6 heteroatoms. The van der Waals surface area contributed by atoms with Crippen molar-refractivity contribution in [1.29, 1.82) is 0 Å². The van der Waals surface area contributed by atoms with E-state index >= 15 is 0 Å². The van der Waals surface area contributed by atoms with Crippen molar-refractivity contribution in [2.24, 2.45) is 0 Å². The Labute approximate surface area is 69.8 Å². The lowest BCUT2D eigenvalue weighted by Crippen LogP contribution is -3.03. The topological polar surface area (TPSA) is 94.3 Å². The van der Waals surface area contributed by atoms with E-state index < -0.39 is 11.4 Å². The van der Waals surface area contributed by atoms with Gasteiger partial charge in [0, 0.05) is 6.42 Å². The molecule has 0 bridgehead atoms. The van der Waals surface area contributed by atoms with Gasteiger partial charge in [-0.05, 0) is 12.8 Å². The number of carboxylic acid groups (broad SMARTS) is 1. The number of unbranched alkanes of at least 4 members (excludes halogenated alkanes) is 2. The quantitative estimate of drug-likeness (QED) is 0.356. The smallest absolute Gasteiger partial charge is 0.303 e. The van der Waals surface area contributed by atoms with Gasteiger partial charge in [-0.15, -0.1) is 0 Å². The largest absolute Gasteiger partial charge is 0.566 e. The maximum atomic E-state index is 10.0. The van der Waals surface area contributed by atoms with Crippen LogP contribution in [0, 0.1) is 5.21 Å². The first kappa shape index (κ1) is 11.3. The Balaban J connectivity index is 2.96. The molecule has 0 aliphatic heterocycles. The molecule has 3 N–H and O–H groups in total. The van der Waals surface area contributed by atoms with Crippen LogP contribution >= 0.6 is 0 Å². The van der Waals surface area contributed by atoms with Crippen molar-refractivity contribution in [2.75, 3.05) is 6.61 Å². The van der Waals surface area contributed by atoms with Crippen LogP contribution in [0.5, 0.6) is 0 Å². The lowest BCUT2D eigenvalue weighted by atomic mass is 10.2. The number of hydrogen-bond acceptors (Lipinski definition) is 4. The average molecular weight is 179 g/mol. The number of carbonyl (C=O) groups is 1. The highest BCUT2D eigenvalue weighted by molar-refractivity contribution is 5.66. The summed E-state index contributed by atoms with van der Waals surface area (Å²) in [7, 11) is 0. The Morgan fingerprint density at radius 3 is 2.58 bits per heavy atom. The molecular formula is C6H13NO5. The van der Waals surface area contributed by atoms with Crippen LogP contribution in [0.1, 0.15) is 25.7 Å². The Hall–Kier alpha value is -0.690. The van der Waals surface area contributed by atoms with Gasteiger partial charge >= 0.3 is 5.97 Å². The van der Waals surface area contributed by atoms with Gasteiger partial charge in [-0.1, -0.05) is 11.8 Å². The third kappa shape index (κ3) is 9.31. The van der Waals surface area contributed by atoms with Crippen molar-refractivity contribution in [3.63, 3.8) is 0 Å². The van der Waals surface area contributed by atoms with Crippen LogP contribution in [0.15, 0.2) is 0 Å². The van der Waals surface area contributed by atoms with Crippen molar-refractivity contribution < 1.29 is 25.3 Å². The number of aliphatic carboxylic acids is 1. The summed E-state index contributed by atoms with van der Waals surface area (Å²) in [6, 6.07) is 0. The van der Waals surface area contributed by atoms with Crippen LogP contribution in [0.3, 0.4) is 0 Å². The molecule has 0 aliphatic rings. The Morgan fingerprint density at radius 2 is 2.08 bits per heavy atom. The van der Waals surface area contributed by atoms with Crippen LogP contribution in [0.25, 0.3) is 0 Å². The molecule has 0 rings (SSSR count). The highest BCUT2D eigenvalue weighted by Crippen LogP contribution is 1.98. The fourth-order valence-corrected chi connectivity index (χ4v) is 0.715. The van der Waals surface area contributed by atoms with Gasteiger partial charge in [-0.3, -0.25) is 4.79 Å². The monoisotopic (exact) mass is 179 g/mol. The van der Waals surface area contributed by atoms with Crippen LogP contribution in [-0.2, 0) is 9.63 Å². The van der Waals surface area contributed by atoms with E-state index in [4.69, 9.17) is 10.3 Å². The summed E-state index contributed by atoms with van der Waals surface area (Å²) in [6.07, 6.45) is 1.96. The fraction of sp³-hybridized carbons (Fsp3) is 0.833. The third-order valence-electron chi connectivity index (χ3n) is 1.26. The van der Waals surface area contributed by atoms with Gasteiger partial charge in [-0.2, -0.15) is 10.0 Å². The Bertz CT molecular complexity index is 127. The minimum absolute atomic E-state index is 0.132. The number of quaternary nitrogens is 1. The molecule has 1 unspecified atom stereocenters. The van der Waals surface area contributed by atoms with E-state index in [1.54, 1.807) is 0 Å². The number of rotatable bonds is 7. The van der Waals surface area contributed by atoms with E-state index in [9.17, 15) is 10.0 Å². The van der Waals surface area contributed by atoms with E-state index in [1.807, 2.05) is 0 Å². The Morgan fingerprint density at radius 1 is 1.42 bits per heavy atom. The maximum absolute atomic E-state index is 10.0. The zero-order chi connectivity index (χ0) is 9.40. The maximum Gasteiger partial charge on any atom is 0.303 e. The zero-order valence-electron chi connectivity index (χ0n) is 6.65. The normalized spacial score (nSPS) is 12.8. The predicted molar refractivity (Wildman–Crippen MR) is 38.2 cm³/mol. The second-order valence-electron chi connectivity index (χ2n) is 2.32. The molecule has 0 aromatic carbocycles. The molecule has 0 aliphatic carbocycles.